The van der Waals surface area contributed by atoms with Gasteiger partial charge in [-0.15, -0.1) is 0 Å². The van der Waals surface area contributed by atoms with E-state index in [0.29, 0.717) is 17.9 Å². The van der Waals surface area contributed by atoms with Crippen molar-refractivity contribution in [2.45, 2.75) is 33.1 Å². The number of anilines is 1. The third-order valence-electron chi connectivity index (χ3n) is 4.73. The van der Waals surface area contributed by atoms with Crippen LogP contribution in [0.15, 0.2) is 24.3 Å². The lowest BCUT2D eigenvalue weighted by Gasteiger charge is -2.42. The Balaban J connectivity index is 0.000000749. The van der Waals surface area contributed by atoms with Gasteiger partial charge < -0.3 is 9.64 Å². The zero-order valence-electron chi connectivity index (χ0n) is 17.5. The lowest BCUT2D eigenvalue weighted by atomic mass is 9.70. The van der Waals surface area contributed by atoms with E-state index in [1.165, 1.54) is 4.90 Å². The summed E-state index contributed by atoms with van der Waals surface area (Å²) < 4.78 is 36.8. The molecule has 1 fully saturated rings. The first-order valence-electron chi connectivity index (χ1n) is 9.11. The Morgan fingerprint density at radius 3 is 2.34 bits per heavy atom. The van der Waals surface area contributed by atoms with Crippen LogP contribution in [0.25, 0.3) is 0 Å². The van der Waals surface area contributed by atoms with Gasteiger partial charge >= 0.3 is 10.4 Å². The van der Waals surface area contributed by atoms with Crippen LogP contribution in [-0.4, -0.2) is 62.0 Å². The molecule has 2 amide bonds. The Bertz CT molecular complexity index is 814. The van der Waals surface area contributed by atoms with Gasteiger partial charge in [-0.1, -0.05) is 19.9 Å². The molecule has 2 N–H and O–H groups in total. The van der Waals surface area contributed by atoms with Crippen LogP contribution >= 0.6 is 0 Å². The maximum Gasteiger partial charge on any atom is 0.394 e. The number of nitrogens with zero attached hydrogens (tertiary/aromatic N) is 2. The maximum atomic E-state index is 13.1. The van der Waals surface area contributed by atoms with Crippen LogP contribution in [0.3, 0.4) is 0 Å². The van der Waals surface area contributed by atoms with E-state index in [0.717, 1.165) is 19.4 Å². The second-order valence-corrected chi connectivity index (χ2v) is 8.78. The molecule has 2 rings (SSSR count). The smallest absolute Gasteiger partial charge is 0.394 e. The molecule has 1 aliphatic rings. The van der Waals surface area contributed by atoms with E-state index in [1.807, 2.05) is 27.9 Å². The van der Waals surface area contributed by atoms with Gasteiger partial charge in [-0.3, -0.25) is 23.6 Å². The number of ether oxygens (including phenoxy) is 1. The molecule has 0 saturated carbocycles. The van der Waals surface area contributed by atoms with Gasteiger partial charge in [0.25, 0.3) is 0 Å². The molecule has 1 unspecified atom stereocenters. The molecule has 9 nitrogen and oxygen atoms in total. The van der Waals surface area contributed by atoms with Crippen LogP contribution < -0.4 is 9.64 Å². The maximum absolute atomic E-state index is 13.1. The van der Waals surface area contributed by atoms with Gasteiger partial charge in [-0.05, 0) is 51.0 Å². The Morgan fingerprint density at radius 2 is 1.83 bits per heavy atom. The number of hydrogen-bond donors (Lipinski definition) is 2. The Hall–Kier alpha value is -2.01. The fourth-order valence-electron chi connectivity index (χ4n) is 3.35. The topological polar surface area (TPSA) is 124 Å². The second kappa shape index (κ2) is 10.1. The van der Waals surface area contributed by atoms with E-state index >= 15 is 0 Å². The lowest BCUT2D eigenvalue weighted by molar-refractivity contribution is -0.138. The largest absolute Gasteiger partial charge is 0.497 e. The summed E-state index contributed by atoms with van der Waals surface area (Å²) in [6.07, 6.45) is 2.10. The van der Waals surface area contributed by atoms with Crippen LogP contribution in [-0.2, 0) is 20.0 Å². The van der Waals surface area contributed by atoms with Gasteiger partial charge in [0.05, 0.1) is 12.8 Å². The fourth-order valence-corrected chi connectivity index (χ4v) is 3.35. The van der Waals surface area contributed by atoms with Gasteiger partial charge in [-0.2, -0.15) is 8.42 Å². The van der Waals surface area contributed by atoms with Crippen LogP contribution in [0.1, 0.15) is 33.1 Å². The Kier molecular flexibility index (Phi) is 8.76. The number of carbonyl (C=O) groups is 2. The summed E-state index contributed by atoms with van der Waals surface area (Å²) in [5.74, 6) is 0.258. The number of carbonyl (C=O) groups excluding carboxylic acids is 2. The Morgan fingerprint density at radius 1 is 1.24 bits per heavy atom. The van der Waals surface area contributed by atoms with Crippen LogP contribution in [0.5, 0.6) is 5.75 Å². The molecular weight excluding hydrogens is 400 g/mol. The van der Waals surface area contributed by atoms with E-state index in [1.54, 1.807) is 31.4 Å². The van der Waals surface area contributed by atoms with Crippen LogP contribution in [0, 0.1) is 11.3 Å². The van der Waals surface area contributed by atoms with Gasteiger partial charge in [0.1, 0.15) is 5.75 Å². The van der Waals surface area contributed by atoms with Crippen molar-refractivity contribution in [2.24, 2.45) is 11.3 Å². The highest BCUT2D eigenvalue weighted by Gasteiger charge is 2.46. The fraction of sp³-hybridized carbons (Fsp3) is 0.579. The van der Waals surface area contributed by atoms with E-state index in [9.17, 15) is 9.59 Å². The van der Waals surface area contributed by atoms with Crippen molar-refractivity contribution in [3.8, 4) is 5.75 Å². The monoisotopic (exact) mass is 430 g/mol. The van der Waals surface area contributed by atoms with E-state index in [2.05, 4.69) is 4.90 Å². The van der Waals surface area contributed by atoms with Crippen molar-refractivity contribution in [2.75, 3.05) is 32.6 Å². The number of methoxy groups -OCH3 is 1. The average Bonchev–Trinajstić information content (AvgIpc) is 2.55. The molecule has 0 aliphatic carbocycles. The zero-order chi connectivity index (χ0) is 22.4. The van der Waals surface area contributed by atoms with Crippen molar-refractivity contribution < 1.29 is 31.8 Å². The number of imide groups is 1. The van der Waals surface area contributed by atoms with Gasteiger partial charge in [0.2, 0.25) is 11.8 Å². The van der Waals surface area contributed by atoms with E-state index in [4.69, 9.17) is 22.3 Å². The summed E-state index contributed by atoms with van der Waals surface area (Å²) in [5, 5.41) is 0. The molecule has 0 bridgehead atoms. The van der Waals surface area contributed by atoms with Crippen molar-refractivity contribution in [1.29, 1.82) is 0 Å². The van der Waals surface area contributed by atoms with Crippen molar-refractivity contribution in [3.05, 3.63) is 24.3 Å². The predicted octanol–water partition coefficient (Wildman–Crippen LogP) is 2.29. The molecule has 1 aromatic carbocycles. The minimum Gasteiger partial charge on any atom is -0.497 e. The Labute approximate surface area is 172 Å². The summed E-state index contributed by atoms with van der Waals surface area (Å²) in [7, 11) is 0.964. The van der Waals surface area contributed by atoms with Gasteiger partial charge in [-0.25, -0.2) is 0 Å². The summed E-state index contributed by atoms with van der Waals surface area (Å²) in [5.41, 5.74) is 0.285. The highest BCUT2D eigenvalue weighted by Crippen LogP contribution is 2.41. The first-order chi connectivity index (χ1) is 13.3. The molecule has 0 aromatic heterocycles. The predicted molar refractivity (Wildman–Crippen MR) is 109 cm³/mol. The molecule has 164 valence electrons. The highest BCUT2D eigenvalue weighted by atomic mass is 32.3. The van der Waals surface area contributed by atoms with Gasteiger partial charge in [0, 0.05) is 18.4 Å². The molecular formula is C19H30N2O7S. The number of piperidine rings is 1. The zero-order valence-corrected chi connectivity index (χ0v) is 18.3. The number of amides is 2. The number of rotatable bonds is 6. The second-order valence-electron chi connectivity index (χ2n) is 7.88. The lowest BCUT2D eigenvalue weighted by Crippen LogP contribution is -2.52. The highest BCUT2D eigenvalue weighted by molar-refractivity contribution is 7.79. The standard InChI is InChI=1S/C19H28N2O3.H2O4S/c1-19(2)13-17(22)21(14-8-6-9-15(12-14)24-5)18(23)16(19)10-7-11-20(3)4;1-5(2,3)4/h6,8-9,12,16H,7,10-11,13H2,1-5H3;(H2,1,2,3,4). The quantitative estimate of drug-likeness (QED) is 0.520. The average molecular weight is 431 g/mol. The number of benzene rings is 1. The summed E-state index contributed by atoms with van der Waals surface area (Å²) in [6.45, 7) is 4.98. The molecule has 1 saturated heterocycles. The van der Waals surface area contributed by atoms with Crippen molar-refractivity contribution in [1.82, 2.24) is 4.90 Å². The van der Waals surface area contributed by atoms with Crippen molar-refractivity contribution >= 4 is 27.9 Å². The molecule has 0 spiro atoms. The summed E-state index contributed by atoms with van der Waals surface area (Å²) >= 11 is 0. The molecule has 10 heteroatoms. The summed E-state index contributed by atoms with van der Waals surface area (Å²) in [6, 6.07) is 7.13. The molecule has 1 atom stereocenters. The molecule has 29 heavy (non-hydrogen) atoms. The van der Waals surface area contributed by atoms with Crippen LogP contribution in [0.2, 0.25) is 0 Å². The SMILES string of the molecule is COc1cccc(N2C(=O)CC(C)(C)C(CCCN(C)C)C2=O)c1.O=S(=O)(O)O. The normalized spacial score (nSPS) is 19.0. The minimum atomic E-state index is -4.67. The molecule has 1 aromatic rings. The van der Waals surface area contributed by atoms with Crippen LogP contribution in [0.4, 0.5) is 5.69 Å². The minimum absolute atomic E-state index is 0.0942. The third kappa shape index (κ3) is 8.09. The van der Waals surface area contributed by atoms with E-state index in [-0.39, 0.29) is 23.1 Å². The number of hydrogen-bond acceptors (Lipinski definition) is 6. The molecule has 0 radical (unpaired) electrons. The third-order valence-corrected chi connectivity index (χ3v) is 4.73. The molecule has 1 aliphatic heterocycles. The molecule has 1 heterocycles. The van der Waals surface area contributed by atoms with Crippen molar-refractivity contribution in [3.63, 3.8) is 0 Å². The van der Waals surface area contributed by atoms with Gasteiger partial charge in [0.15, 0.2) is 0 Å². The first kappa shape index (κ1) is 25.0. The first-order valence-corrected chi connectivity index (χ1v) is 10.5. The summed E-state index contributed by atoms with van der Waals surface area (Å²) in [4.78, 5) is 29.1. The van der Waals surface area contributed by atoms with E-state index < -0.39 is 10.4 Å².